The molecule has 1 unspecified atom stereocenters. The summed E-state index contributed by atoms with van der Waals surface area (Å²) in [5, 5.41) is 8.06. The molecule has 1 aliphatic carbocycles. The van der Waals surface area contributed by atoms with Crippen LogP contribution in [0.2, 0.25) is 5.02 Å². The second-order valence-corrected chi connectivity index (χ2v) is 5.25. The van der Waals surface area contributed by atoms with E-state index in [0.29, 0.717) is 6.04 Å². The lowest BCUT2D eigenvalue weighted by Gasteiger charge is -2.34. The molecule has 0 saturated heterocycles. The first-order chi connectivity index (χ1) is 7.83. The highest BCUT2D eigenvalue weighted by Crippen LogP contribution is 2.29. The molecule has 1 aliphatic heterocycles. The van der Waals surface area contributed by atoms with Crippen LogP contribution in [0.3, 0.4) is 0 Å². The fraction of sp³-hybridized carbons (Fsp3) is 0.538. The van der Waals surface area contributed by atoms with Gasteiger partial charge in [0.25, 0.3) is 0 Å². The second-order valence-electron chi connectivity index (χ2n) is 4.84. The third kappa shape index (κ3) is 1.92. The first-order valence-corrected chi connectivity index (χ1v) is 6.48. The summed E-state index contributed by atoms with van der Waals surface area (Å²) in [6, 6.07) is 7.39. The Bertz CT molecular complexity index is 388. The van der Waals surface area contributed by atoms with Crippen molar-refractivity contribution in [1.82, 2.24) is 5.32 Å². The molecule has 0 amide bonds. The maximum atomic E-state index is 6.22. The standard InChI is InChI=1S/C13H17ClN2/c14-12-5-2-6-13-11(12)7-10(8-15-13)16-9-3-1-4-9/h2,5-6,9-10,15-16H,1,3-4,7-8H2. The molecule has 86 valence electrons. The molecule has 0 radical (unpaired) electrons. The Morgan fingerprint density at radius 2 is 2.12 bits per heavy atom. The van der Waals surface area contributed by atoms with Gasteiger partial charge in [0.1, 0.15) is 0 Å². The number of halogens is 1. The lowest BCUT2D eigenvalue weighted by Crippen LogP contribution is -2.48. The molecular weight excluding hydrogens is 220 g/mol. The molecule has 3 rings (SSSR count). The van der Waals surface area contributed by atoms with Gasteiger partial charge in [-0.1, -0.05) is 24.1 Å². The van der Waals surface area contributed by atoms with Gasteiger partial charge < -0.3 is 10.6 Å². The van der Waals surface area contributed by atoms with Crippen molar-refractivity contribution in [3.63, 3.8) is 0 Å². The molecule has 1 atom stereocenters. The first-order valence-electron chi connectivity index (χ1n) is 6.10. The minimum absolute atomic E-state index is 0.540. The molecule has 16 heavy (non-hydrogen) atoms. The summed E-state index contributed by atoms with van der Waals surface area (Å²) in [7, 11) is 0. The number of rotatable bonds is 2. The van der Waals surface area contributed by atoms with Crippen molar-refractivity contribution in [1.29, 1.82) is 0 Å². The van der Waals surface area contributed by atoms with E-state index < -0.39 is 0 Å². The Balaban J connectivity index is 1.72. The van der Waals surface area contributed by atoms with Crippen LogP contribution >= 0.6 is 11.6 Å². The molecule has 1 aromatic rings. The molecule has 1 heterocycles. The molecule has 2 aliphatic rings. The average molecular weight is 237 g/mol. The van der Waals surface area contributed by atoms with Crippen molar-refractivity contribution >= 4 is 17.3 Å². The summed E-state index contributed by atoms with van der Waals surface area (Å²) in [4.78, 5) is 0. The van der Waals surface area contributed by atoms with Gasteiger partial charge in [-0.3, -0.25) is 0 Å². The number of benzene rings is 1. The van der Waals surface area contributed by atoms with Crippen molar-refractivity contribution in [3.05, 3.63) is 28.8 Å². The van der Waals surface area contributed by atoms with Gasteiger partial charge in [-0.05, 0) is 37.0 Å². The summed E-state index contributed by atoms with van der Waals surface area (Å²) in [6.45, 7) is 1.02. The van der Waals surface area contributed by atoms with E-state index in [9.17, 15) is 0 Å². The molecule has 0 spiro atoms. The maximum Gasteiger partial charge on any atom is 0.0459 e. The van der Waals surface area contributed by atoms with Gasteiger partial charge in [-0.2, -0.15) is 0 Å². The third-order valence-electron chi connectivity index (χ3n) is 3.68. The lowest BCUT2D eigenvalue weighted by molar-refractivity contribution is 0.304. The fourth-order valence-corrected chi connectivity index (χ4v) is 2.76. The van der Waals surface area contributed by atoms with Gasteiger partial charge in [-0.15, -0.1) is 0 Å². The molecule has 2 N–H and O–H groups in total. The number of hydrogen-bond acceptors (Lipinski definition) is 2. The zero-order chi connectivity index (χ0) is 11.0. The van der Waals surface area contributed by atoms with Crippen molar-refractivity contribution in [2.45, 2.75) is 37.8 Å². The SMILES string of the molecule is Clc1cccc2c1CC(NC1CCC1)CN2. The van der Waals surface area contributed by atoms with Crippen LogP contribution in [0.4, 0.5) is 5.69 Å². The minimum atomic E-state index is 0.540. The molecule has 0 bridgehead atoms. The van der Waals surface area contributed by atoms with E-state index in [-0.39, 0.29) is 0 Å². The van der Waals surface area contributed by atoms with E-state index in [4.69, 9.17) is 11.6 Å². The number of anilines is 1. The van der Waals surface area contributed by atoms with Crippen molar-refractivity contribution < 1.29 is 0 Å². The second kappa shape index (κ2) is 4.27. The molecule has 1 saturated carbocycles. The quantitative estimate of drug-likeness (QED) is 0.825. The molecule has 1 fully saturated rings. The molecule has 3 heteroatoms. The number of fused-ring (bicyclic) bond motifs is 1. The highest BCUT2D eigenvalue weighted by molar-refractivity contribution is 6.31. The normalized spacial score (nSPS) is 24.4. The van der Waals surface area contributed by atoms with Crippen LogP contribution in [-0.4, -0.2) is 18.6 Å². The first kappa shape index (κ1) is 10.4. The van der Waals surface area contributed by atoms with E-state index in [1.807, 2.05) is 12.1 Å². The summed E-state index contributed by atoms with van der Waals surface area (Å²) in [6.07, 6.45) is 5.12. The van der Waals surface area contributed by atoms with Gasteiger partial charge in [0.05, 0.1) is 0 Å². The Kier molecular flexibility index (Phi) is 2.78. The highest BCUT2D eigenvalue weighted by Gasteiger charge is 2.25. The van der Waals surface area contributed by atoms with Crippen LogP contribution in [0.15, 0.2) is 18.2 Å². The molecule has 2 nitrogen and oxygen atoms in total. The van der Waals surface area contributed by atoms with Crippen LogP contribution in [0.1, 0.15) is 24.8 Å². The monoisotopic (exact) mass is 236 g/mol. The predicted octanol–water partition coefficient (Wildman–Crippen LogP) is 2.82. The Hall–Kier alpha value is -0.730. The van der Waals surface area contributed by atoms with E-state index in [1.54, 1.807) is 0 Å². The van der Waals surface area contributed by atoms with Crippen LogP contribution in [-0.2, 0) is 6.42 Å². The Morgan fingerprint density at radius 3 is 2.88 bits per heavy atom. The van der Waals surface area contributed by atoms with Gasteiger partial charge >= 0.3 is 0 Å². The number of nitrogens with one attached hydrogen (secondary N) is 2. The van der Waals surface area contributed by atoms with Gasteiger partial charge in [0.2, 0.25) is 0 Å². The van der Waals surface area contributed by atoms with Gasteiger partial charge in [-0.25, -0.2) is 0 Å². The van der Waals surface area contributed by atoms with Gasteiger partial charge in [0.15, 0.2) is 0 Å². The highest BCUT2D eigenvalue weighted by atomic mass is 35.5. The minimum Gasteiger partial charge on any atom is -0.383 e. The maximum absolute atomic E-state index is 6.22. The van der Waals surface area contributed by atoms with Gasteiger partial charge in [0, 0.05) is 29.3 Å². The smallest absolute Gasteiger partial charge is 0.0459 e. The van der Waals surface area contributed by atoms with E-state index >= 15 is 0 Å². The zero-order valence-corrected chi connectivity index (χ0v) is 10.1. The van der Waals surface area contributed by atoms with Crippen LogP contribution in [0.25, 0.3) is 0 Å². The van der Waals surface area contributed by atoms with E-state index in [2.05, 4.69) is 16.7 Å². The van der Waals surface area contributed by atoms with Crippen LogP contribution in [0, 0.1) is 0 Å². The summed E-state index contributed by atoms with van der Waals surface area (Å²) in [5.41, 5.74) is 2.48. The predicted molar refractivity (Wildman–Crippen MR) is 68.2 cm³/mol. The van der Waals surface area contributed by atoms with E-state index in [0.717, 1.165) is 24.0 Å². The molecular formula is C13H17ClN2. The Labute approximate surface area is 101 Å². The topological polar surface area (TPSA) is 24.1 Å². The van der Waals surface area contributed by atoms with Crippen molar-refractivity contribution in [2.75, 3.05) is 11.9 Å². The largest absolute Gasteiger partial charge is 0.383 e. The summed E-state index contributed by atoms with van der Waals surface area (Å²) >= 11 is 6.22. The molecule has 1 aromatic carbocycles. The Morgan fingerprint density at radius 1 is 1.25 bits per heavy atom. The van der Waals surface area contributed by atoms with Crippen molar-refractivity contribution in [3.8, 4) is 0 Å². The van der Waals surface area contributed by atoms with E-state index in [1.165, 1.54) is 30.5 Å². The van der Waals surface area contributed by atoms with Crippen LogP contribution in [0.5, 0.6) is 0 Å². The van der Waals surface area contributed by atoms with Crippen molar-refractivity contribution in [2.24, 2.45) is 0 Å². The zero-order valence-electron chi connectivity index (χ0n) is 9.30. The summed E-state index contributed by atoms with van der Waals surface area (Å²) in [5.74, 6) is 0. The summed E-state index contributed by atoms with van der Waals surface area (Å²) < 4.78 is 0. The van der Waals surface area contributed by atoms with Crippen LogP contribution < -0.4 is 10.6 Å². The third-order valence-corrected chi connectivity index (χ3v) is 4.04. The fourth-order valence-electron chi connectivity index (χ4n) is 2.51. The molecule has 0 aromatic heterocycles. The lowest BCUT2D eigenvalue weighted by atomic mass is 9.90. The number of hydrogen-bond donors (Lipinski definition) is 2. The average Bonchev–Trinajstić information content (AvgIpc) is 2.24.